The van der Waals surface area contributed by atoms with Crippen LogP contribution in [0.1, 0.15) is 18.4 Å². The van der Waals surface area contributed by atoms with Gasteiger partial charge in [-0.05, 0) is 24.5 Å². The van der Waals surface area contributed by atoms with Crippen LogP contribution in [0.3, 0.4) is 0 Å². The molecule has 2 atom stereocenters. The van der Waals surface area contributed by atoms with Gasteiger partial charge in [-0.1, -0.05) is 0 Å². The third-order valence-electron chi connectivity index (χ3n) is 3.76. The molecule has 1 aromatic rings. The molecule has 0 spiro atoms. The summed E-state index contributed by atoms with van der Waals surface area (Å²) in [5, 5.41) is 14.4. The third kappa shape index (κ3) is 2.09. The Bertz CT molecular complexity index is 426. The van der Waals surface area contributed by atoms with Crippen LogP contribution in [0, 0.1) is 0 Å². The molecule has 98 valence electrons. The first-order chi connectivity index (χ1) is 8.69. The zero-order valence-electron chi connectivity index (χ0n) is 10.4. The van der Waals surface area contributed by atoms with Crippen LogP contribution < -0.4 is 10.1 Å². The van der Waals surface area contributed by atoms with Crippen LogP contribution in [-0.2, 0) is 10.3 Å². The quantitative estimate of drug-likeness (QED) is 0.797. The molecule has 2 bridgehead atoms. The number of nitrogens with zero attached hydrogens (tertiary/aromatic N) is 1. The highest BCUT2D eigenvalue weighted by Gasteiger charge is 2.42. The number of hydrogen-bond acceptors (Lipinski definition) is 5. The number of pyridine rings is 1. The molecule has 0 aromatic carbocycles. The van der Waals surface area contributed by atoms with Crippen LogP contribution in [0.4, 0.5) is 0 Å². The predicted octanol–water partition coefficient (Wildman–Crippen LogP) is 0.429. The summed E-state index contributed by atoms with van der Waals surface area (Å²) in [5.41, 5.74) is 0.0772. The molecule has 0 radical (unpaired) electrons. The number of rotatable bonds is 2. The predicted molar refractivity (Wildman–Crippen MR) is 65.5 cm³/mol. The Labute approximate surface area is 106 Å². The van der Waals surface area contributed by atoms with Gasteiger partial charge in [0.05, 0.1) is 25.9 Å². The van der Waals surface area contributed by atoms with E-state index in [2.05, 4.69) is 10.3 Å². The molecular formula is C13H18N2O3. The second-order valence-electron chi connectivity index (χ2n) is 5.12. The molecule has 2 aliphatic rings. The van der Waals surface area contributed by atoms with Crippen molar-refractivity contribution in [3.05, 3.63) is 23.9 Å². The van der Waals surface area contributed by atoms with E-state index in [-0.39, 0.29) is 12.1 Å². The monoisotopic (exact) mass is 250 g/mol. The first kappa shape index (κ1) is 11.9. The van der Waals surface area contributed by atoms with Gasteiger partial charge < -0.3 is 19.9 Å². The number of morpholine rings is 1. The smallest absolute Gasteiger partial charge is 0.213 e. The first-order valence-corrected chi connectivity index (χ1v) is 6.26. The second-order valence-corrected chi connectivity index (χ2v) is 5.12. The lowest BCUT2D eigenvalue weighted by molar-refractivity contribution is -0.0803. The SMILES string of the molecule is COc1cc(C2(O)CC3COCC(C2)N3)ccn1. The van der Waals surface area contributed by atoms with Gasteiger partial charge >= 0.3 is 0 Å². The highest BCUT2D eigenvalue weighted by atomic mass is 16.5. The summed E-state index contributed by atoms with van der Waals surface area (Å²) in [7, 11) is 1.58. The maximum absolute atomic E-state index is 10.9. The number of aliphatic hydroxyl groups is 1. The van der Waals surface area contributed by atoms with Gasteiger partial charge in [-0.2, -0.15) is 0 Å². The molecule has 18 heavy (non-hydrogen) atoms. The van der Waals surface area contributed by atoms with E-state index < -0.39 is 5.60 Å². The average Bonchev–Trinajstić information content (AvgIpc) is 2.38. The topological polar surface area (TPSA) is 63.6 Å². The van der Waals surface area contributed by atoms with Crippen molar-refractivity contribution in [3.63, 3.8) is 0 Å². The van der Waals surface area contributed by atoms with E-state index in [1.807, 2.05) is 12.1 Å². The van der Waals surface area contributed by atoms with Crippen molar-refractivity contribution in [3.8, 4) is 5.88 Å². The Morgan fingerprint density at radius 1 is 1.44 bits per heavy atom. The standard InChI is InChI=1S/C13H18N2O3/c1-17-12-4-9(2-3-14-12)13(16)5-10-7-18-8-11(6-13)15-10/h2-4,10-11,15-16H,5-8H2,1H3. The van der Waals surface area contributed by atoms with E-state index in [0.717, 1.165) is 5.56 Å². The van der Waals surface area contributed by atoms with Crippen molar-refractivity contribution < 1.29 is 14.6 Å². The molecule has 3 heterocycles. The lowest BCUT2D eigenvalue weighted by Crippen LogP contribution is -2.58. The summed E-state index contributed by atoms with van der Waals surface area (Å²) in [4.78, 5) is 4.08. The van der Waals surface area contributed by atoms with E-state index in [0.29, 0.717) is 31.9 Å². The Hall–Kier alpha value is -1.17. The van der Waals surface area contributed by atoms with Gasteiger partial charge in [0.2, 0.25) is 5.88 Å². The zero-order valence-corrected chi connectivity index (χ0v) is 10.4. The van der Waals surface area contributed by atoms with Crippen LogP contribution >= 0.6 is 0 Å². The van der Waals surface area contributed by atoms with Gasteiger partial charge in [-0.25, -0.2) is 4.98 Å². The van der Waals surface area contributed by atoms with Crippen molar-refractivity contribution in [2.24, 2.45) is 0 Å². The number of aromatic nitrogens is 1. The second kappa shape index (κ2) is 4.50. The summed E-state index contributed by atoms with van der Waals surface area (Å²) in [5.74, 6) is 0.542. The minimum atomic E-state index is -0.805. The van der Waals surface area contributed by atoms with Gasteiger partial charge in [-0.15, -0.1) is 0 Å². The van der Waals surface area contributed by atoms with Gasteiger partial charge in [0.1, 0.15) is 0 Å². The fourth-order valence-corrected chi connectivity index (χ4v) is 2.96. The molecule has 5 nitrogen and oxygen atoms in total. The molecular weight excluding hydrogens is 232 g/mol. The Kier molecular flexibility index (Phi) is 2.97. The maximum Gasteiger partial charge on any atom is 0.213 e. The highest BCUT2D eigenvalue weighted by molar-refractivity contribution is 5.27. The summed E-state index contributed by atoms with van der Waals surface area (Å²) >= 11 is 0. The molecule has 2 saturated heterocycles. The molecule has 0 amide bonds. The van der Waals surface area contributed by atoms with E-state index in [1.165, 1.54) is 0 Å². The number of ether oxygens (including phenoxy) is 2. The van der Waals surface area contributed by atoms with Crippen LogP contribution in [0.5, 0.6) is 5.88 Å². The van der Waals surface area contributed by atoms with Crippen LogP contribution in [0.25, 0.3) is 0 Å². The highest BCUT2D eigenvalue weighted by Crippen LogP contribution is 2.37. The maximum atomic E-state index is 10.9. The van der Waals surface area contributed by atoms with E-state index in [1.54, 1.807) is 13.3 Å². The van der Waals surface area contributed by atoms with Crippen molar-refractivity contribution in [1.29, 1.82) is 0 Å². The number of fused-ring (bicyclic) bond motifs is 2. The average molecular weight is 250 g/mol. The van der Waals surface area contributed by atoms with Crippen LogP contribution in [-0.4, -0.2) is 42.5 Å². The molecule has 3 rings (SSSR count). The lowest BCUT2D eigenvalue weighted by Gasteiger charge is -2.45. The summed E-state index contributed by atoms with van der Waals surface area (Å²) in [6.07, 6.45) is 3.01. The summed E-state index contributed by atoms with van der Waals surface area (Å²) < 4.78 is 10.6. The molecule has 2 unspecified atom stereocenters. The molecule has 0 saturated carbocycles. The van der Waals surface area contributed by atoms with E-state index in [9.17, 15) is 5.11 Å². The minimum Gasteiger partial charge on any atom is -0.481 e. The van der Waals surface area contributed by atoms with Crippen molar-refractivity contribution >= 4 is 0 Å². The fourth-order valence-electron chi connectivity index (χ4n) is 2.96. The van der Waals surface area contributed by atoms with Crippen molar-refractivity contribution in [2.45, 2.75) is 30.5 Å². The molecule has 2 aliphatic heterocycles. The Morgan fingerprint density at radius 3 is 2.83 bits per heavy atom. The van der Waals surface area contributed by atoms with Gasteiger partial charge in [0, 0.05) is 24.3 Å². The summed E-state index contributed by atoms with van der Waals surface area (Å²) in [6, 6.07) is 4.13. The largest absolute Gasteiger partial charge is 0.481 e. The molecule has 1 aromatic heterocycles. The molecule has 2 fully saturated rings. The van der Waals surface area contributed by atoms with Gasteiger partial charge in [-0.3, -0.25) is 0 Å². The van der Waals surface area contributed by atoms with Crippen LogP contribution in [0.15, 0.2) is 18.3 Å². The summed E-state index contributed by atoms with van der Waals surface area (Å²) in [6.45, 7) is 1.34. The number of nitrogens with one attached hydrogen (secondary N) is 1. The minimum absolute atomic E-state index is 0.224. The van der Waals surface area contributed by atoms with Crippen molar-refractivity contribution in [2.75, 3.05) is 20.3 Å². The number of hydrogen-bond donors (Lipinski definition) is 2. The zero-order chi connectivity index (χ0) is 12.6. The fraction of sp³-hybridized carbons (Fsp3) is 0.615. The molecule has 5 heteroatoms. The lowest BCUT2D eigenvalue weighted by atomic mass is 9.78. The Morgan fingerprint density at radius 2 is 2.17 bits per heavy atom. The van der Waals surface area contributed by atoms with Gasteiger partial charge in [0.25, 0.3) is 0 Å². The van der Waals surface area contributed by atoms with E-state index in [4.69, 9.17) is 9.47 Å². The number of piperidine rings is 1. The Balaban J connectivity index is 1.89. The van der Waals surface area contributed by atoms with Gasteiger partial charge in [0.15, 0.2) is 0 Å². The van der Waals surface area contributed by atoms with Crippen LogP contribution in [0.2, 0.25) is 0 Å². The first-order valence-electron chi connectivity index (χ1n) is 6.26. The third-order valence-corrected chi connectivity index (χ3v) is 3.76. The normalized spacial score (nSPS) is 35.2. The molecule has 0 aliphatic carbocycles. The van der Waals surface area contributed by atoms with Crippen molar-refractivity contribution in [1.82, 2.24) is 10.3 Å². The molecule has 2 N–H and O–H groups in total. The number of methoxy groups -OCH3 is 1. The van der Waals surface area contributed by atoms with E-state index >= 15 is 0 Å².